The van der Waals surface area contributed by atoms with E-state index in [1.54, 1.807) is 6.21 Å². The molecule has 0 rings (SSSR count). The summed E-state index contributed by atoms with van der Waals surface area (Å²) in [5.41, 5.74) is 0. The maximum atomic E-state index is 4.10. The van der Waals surface area contributed by atoms with Crippen LogP contribution < -0.4 is 0 Å². The lowest BCUT2D eigenvalue weighted by Crippen LogP contribution is -1.92. The van der Waals surface area contributed by atoms with Crippen molar-refractivity contribution in [3.8, 4) is 0 Å². The fourth-order valence-corrected chi connectivity index (χ4v) is 0.401. The summed E-state index contributed by atoms with van der Waals surface area (Å²) in [5.74, 6) is 0.645. The molecule has 0 spiro atoms. The molecule has 0 aromatic rings. The summed E-state index contributed by atoms with van der Waals surface area (Å²) in [4.78, 5) is 7.74. The lowest BCUT2D eigenvalue weighted by molar-refractivity contribution is 0.666. The lowest BCUT2D eigenvalue weighted by atomic mass is 10.2. The van der Waals surface area contributed by atoms with Crippen molar-refractivity contribution in [2.75, 3.05) is 13.1 Å². The summed E-state index contributed by atoms with van der Waals surface area (Å²) in [6.45, 7) is 9.16. The van der Waals surface area contributed by atoms with Crippen molar-refractivity contribution in [1.29, 1.82) is 0 Å². The van der Waals surface area contributed by atoms with Crippen LogP contribution in [0, 0.1) is 5.92 Å². The summed E-state index contributed by atoms with van der Waals surface area (Å²) in [5, 5.41) is 0. The van der Waals surface area contributed by atoms with E-state index in [0.717, 1.165) is 6.54 Å². The molecule has 0 unspecified atom stereocenters. The minimum Gasteiger partial charge on any atom is -0.295 e. The molecule has 2 nitrogen and oxygen atoms in total. The molecule has 0 saturated carbocycles. The minimum atomic E-state index is 0.645. The summed E-state index contributed by atoms with van der Waals surface area (Å²) in [7, 11) is 0. The van der Waals surface area contributed by atoms with Crippen LogP contribution >= 0.6 is 0 Å². The van der Waals surface area contributed by atoms with E-state index >= 15 is 0 Å². The summed E-state index contributed by atoms with van der Waals surface area (Å²) in [6, 6.07) is 0. The molecule has 0 radical (unpaired) electrons. The van der Waals surface area contributed by atoms with E-state index in [4.69, 9.17) is 0 Å². The van der Waals surface area contributed by atoms with Crippen LogP contribution in [0.4, 0.5) is 0 Å². The zero-order valence-electron chi connectivity index (χ0n) is 6.17. The number of rotatable bonds is 4. The molecule has 0 aromatic carbocycles. The van der Waals surface area contributed by atoms with Gasteiger partial charge < -0.3 is 0 Å². The molecule has 9 heavy (non-hydrogen) atoms. The van der Waals surface area contributed by atoms with Crippen molar-refractivity contribution < 1.29 is 0 Å². The highest BCUT2D eigenvalue weighted by molar-refractivity contribution is 5.60. The second-order valence-corrected chi connectivity index (χ2v) is 2.35. The van der Waals surface area contributed by atoms with Gasteiger partial charge in [0.2, 0.25) is 0 Å². The van der Waals surface area contributed by atoms with E-state index in [1.807, 2.05) is 0 Å². The molecule has 0 atom stereocenters. The number of aliphatic imine (C=N–C) groups is 2. The Hall–Kier alpha value is -0.660. The van der Waals surface area contributed by atoms with Crippen LogP contribution in [0.5, 0.6) is 0 Å². The monoisotopic (exact) mass is 126 g/mol. The van der Waals surface area contributed by atoms with Crippen molar-refractivity contribution >= 4 is 12.9 Å². The molecular formula is C7H14N2. The third-order valence-electron chi connectivity index (χ3n) is 0.810. The Labute approximate surface area is 56.7 Å². The highest BCUT2D eigenvalue weighted by atomic mass is 14.8. The molecule has 0 fully saturated rings. The Morgan fingerprint density at radius 2 is 2.22 bits per heavy atom. The van der Waals surface area contributed by atoms with Crippen LogP contribution in [0.3, 0.4) is 0 Å². The predicted octanol–water partition coefficient (Wildman–Crippen LogP) is 1.41. The molecule has 0 aliphatic heterocycles. The van der Waals surface area contributed by atoms with Gasteiger partial charge in [0.1, 0.15) is 0 Å². The van der Waals surface area contributed by atoms with E-state index in [-0.39, 0.29) is 0 Å². The fourth-order valence-electron chi connectivity index (χ4n) is 0.401. The SMILES string of the molecule is C=NC/C=N\CC(C)C. The van der Waals surface area contributed by atoms with Crippen LogP contribution in [-0.2, 0) is 0 Å². The van der Waals surface area contributed by atoms with Gasteiger partial charge in [-0.1, -0.05) is 13.8 Å². The molecule has 0 aliphatic rings. The van der Waals surface area contributed by atoms with Gasteiger partial charge in [-0.2, -0.15) is 0 Å². The zero-order valence-corrected chi connectivity index (χ0v) is 6.17. The van der Waals surface area contributed by atoms with Crippen LogP contribution in [-0.4, -0.2) is 26.0 Å². The normalized spacial score (nSPS) is 11.0. The molecule has 52 valence electrons. The largest absolute Gasteiger partial charge is 0.295 e. The molecule has 0 N–H and O–H groups in total. The van der Waals surface area contributed by atoms with Gasteiger partial charge in [0, 0.05) is 12.8 Å². The van der Waals surface area contributed by atoms with Crippen LogP contribution in [0.15, 0.2) is 9.98 Å². The molecule has 0 bridgehead atoms. The highest BCUT2D eigenvalue weighted by Gasteiger charge is 1.85. The Kier molecular flexibility index (Phi) is 5.07. The summed E-state index contributed by atoms with van der Waals surface area (Å²) < 4.78 is 0. The van der Waals surface area contributed by atoms with E-state index in [1.165, 1.54) is 0 Å². The van der Waals surface area contributed by atoms with Crippen molar-refractivity contribution in [2.45, 2.75) is 13.8 Å². The van der Waals surface area contributed by atoms with Gasteiger partial charge in [-0.15, -0.1) is 0 Å². The first kappa shape index (κ1) is 8.34. The molecule has 0 saturated heterocycles. The topological polar surface area (TPSA) is 24.7 Å². The van der Waals surface area contributed by atoms with Crippen molar-refractivity contribution in [2.24, 2.45) is 15.9 Å². The van der Waals surface area contributed by atoms with Gasteiger partial charge in [-0.25, -0.2) is 0 Å². The zero-order chi connectivity index (χ0) is 7.11. The van der Waals surface area contributed by atoms with E-state index in [9.17, 15) is 0 Å². The van der Waals surface area contributed by atoms with Crippen LogP contribution in [0.2, 0.25) is 0 Å². The molecule has 0 aliphatic carbocycles. The third kappa shape index (κ3) is 7.34. The number of nitrogens with zero attached hydrogens (tertiary/aromatic N) is 2. The van der Waals surface area contributed by atoms with E-state index in [0.29, 0.717) is 12.5 Å². The molecular weight excluding hydrogens is 112 g/mol. The van der Waals surface area contributed by atoms with Gasteiger partial charge in [0.15, 0.2) is 0 Å². The fraction of sp³-hybridized carbons (Fsp3) is 0.714. The Balaban J connectivity index is 3.14. The highest BCUT2D eigenvalue weighted by Crippen LogP contribution is 1.89. The smallest absolute Gasteiger partial charge is 0.0730 e. The molecule has 0 aromatic heterocycles. The van der Waals surface area contributed by atoms with E-state index in [2.05, 4.69) is 30.5 Å². The van der Waals surface area contributed by atoms with Crippen LogP contribution in [0.25, 0.3) is 0 Å². The van der Waals surface area contributed by atoms with Crippen molar-refractivity contribution in [1.82, 2.24) is 0 Å². The maximum Gasteiger partial charge on any atom is 0.0730 e. The molecule has 0 heterocycles. The first-order valence-corrected chi connectivity index (χ1v) is 3.18. The van der Waals surface area contributed by atoms with Gasteiger partial charge in [0.25, 0.3) is 0 Å². The average molecular weight is 126 g/mol. The minimum absolute atomic E-state index is 0.645. The summed E-state index contributed by atoms with van der Waals surface area (Å²) >= 11 is 0. The first-order valence-electron chi connectivity index (χ1n) is 3.18. The number of hydrogen-bond acceptors (Lipinski definition) is 2. The second-order valence-electron chi connectivity index (χ2n) is 2.35. The predicted molar refractivity (Wildman–Crippen MR) is 42.6 cm³/mol. The Morgan fingerprint density at radius 3 is 2.67 bits per heavy atom. The van der Waals surface area contributed by atoms with Gasteiger partial charge >= 0.3 is 0 Å². The molecule has 2 heteroatoms. The summed E-state index contributed by atoms with van der Waals surface area (Å²) in [6.07, 6.45) is 1.80. The van der Waals surface area contributed by atoms with Crippen LogP contribution in [0.1, 0.15) is 13.8 Å². The lowest BCUT2D eigenvalue weighted by Gasteiger charge is -1.94. The van der Waals surface area contributed by atoms with Gasteiger partial charge in [-0.05, 0) is 12.6 Å². The molecule has 0 amide bonds. The average Bonchev–Trinajstić information content (AvgIpc) is 1.80. The van der Waals surface area contributed by atoms with Crippen molar-refractivity contribution in [3.63, 3.8) is 0 Å². The Bertz CT molecular complexity index is 95.1. The van der Waals surface area contributed by atoms with E-state index < -0.39 is 0 Å². The third-order valence-corrected chi connectivity index (χ3v) is 0.810. The van der Waals surface area contributed by atoms with Gasteiger partial charge in [0.05, 0.1) is 6.54 Å². The Morgan fingerprint density at radius 1 is 1.56 bits per heavy atom. The van der Waals surface area contributed by atoms with Gasteiger partial charge in [-0.3, -0.25) is 9.98 Å². The van der Waals surface area contributed by atoms with Crippen molar-refractivity contribution in [3.05, 3.63) is 0 Å². The standard InChI is InChI=1S/C7H14N2/c1-7(2)6-9-5-4-8-3/h5,7H,3-4,6H2,1-2H3/b9-5-. The number of hydrogen-bond donors (Lipinski definition) is 0. The first-order chi connectivity index (χ1) is 4.27. The maximum absolute atomic E-state index is 4.10. The quantitative estimate of drug-likeness (QED) is 0.509. The second kappa shape index (κ2) is 5.48.